The van der Waals surface area contributed by atoms with Crippen molar-refractivity contribution in [2.24, 2.45) is 0 Å². The van der Waals surface area contributed by atoms with E-state index in [1.54, 1.807) is 12.1 Å². The third kappa shape index (κ3) is 5.15. The Labute approximate surface area is 101 Å². The Morgan fingerprint density at radius 3 is 2.53 bits per heavy atom. The zero-order valence-corrected chi connectivity index (χ0v) is 9.85. The molecule has 4 nitrogen and oxygen atoms in total. The smallest absolute Gasteiger partial charge is 0.303 e. The first-order chi connectivity index (χ1) is 8.09. The molecule has 0 bridgehead atoms. The predicted octanol–water partition coefficient (Wildman–Crippen LogP) is 2.06. The van der Waals surface area contributed by atoms with E-state index in [1.807, 2.05) is 25.1 Å². The van der Waals surface area contributed by atoms with Crippen LogP contribution in [0, 0.1) is 0 Å². The number of carboxylic acid groups (broad SMARTS) is 1. The summed E-state index contributed by atoms with van der Waals surface area (Å²) in [6.45, 7) is 1.88. The van der Waals surface area contributed by atoms with Gasteiger partial charge in [-0.05, 0) is 31.9 Å². The average molecular weight is 235 g/mol. The van der Waals surface area contributed by atoms with Crippen LogP contribution in [0.15, 0.2) is 30.3 Å². The van der Waals surface area contributed by atoms with Crippen LogP contribution in [0.1, 0.15) is 36.5 Å². The molecule has 0 fully saturated rings. The molecule has 1 atom stereocenters. The highest BCUT2D eigenvalue weighted by Crippen LogP contribution is 2.03. The molecule has 2 N–H and O–H groups in total. The Balaban J connectivity index is 2.34. The van der Waals surface area contributed by atoms with Crippen molar-refractivity contribution in [1.29, 1.82) is 0 Å². The molecule has 0 saturated carbocycles. The second-order valence-corrected chi connectivity index (χ2v) is 4.03. The molecule has 0 aliphatic heterocycles. The number of carbonyl (C=O) groups excluding carboxylic acids is 1. The summed E-state index contributed by atoms with van der Waals surface area (Å²) >= 11 is 0. The van der Waals surface area contributed by atoms with Crippen molar-refractivity contribution in [3.05, 3.63) is 35.9 Å². The summed E-state index contributed by atoms with van der Waals surface area (Å²) in [5, 5.41) is 11.3. The SMILES string of the molecule is C[C@@H](CCCC(=O)O)NC(=O)c1ccccc1. The van der Waals surface area contributed by atoms with Gasteiger partial charge in [-0.1, -0.05) is 18.2 Å². The van der Waals surface area contributed by atoms with Gasteiger partial charge in [-0.25, -0.2) is 0 Å². The molecule has 0 heterocycles. The van der Waals surface area contributed by atoms with Crippen LogP contribution in [0.2, 0.25) is 0 Å². The van der Waals surface area contributed by atoms with Crippen molar-refractivity contribution in [3.63, 3.8) is 0 Å². The van der Waals surface area contributed by atoms with Gasteiger partial charge < -0.3 is 10.4 Å². The van der Waals surface area contributed by atoms with Gasteiger partial charge in [0.05, 0.1) is 0 Å². The number of rotatable bonds is 6. The summed E-state index contributed by atoms with van der Waals surface area (Å²) < 4.78 is 0. The van der Waals surface area contributed by atoms with Crippen molar-refractivity contribution in [2.75, 3.05) is 0 Å². The van der Waals surface area contributed by atoms with Gasteiger partial charge in [-0.2, -0.15) is 0 Å². The summed E-state index contributed by atoms with van der Waals surface area (Å²) in [6, 6.07) is 8.96. The fraction of sp³-hybridized carbons (Fsp3) is 0.385. The zero-order valence-electron chi connectivity index (χ0n) is 9.85. The van der Waals surface area contributed by atoms with Crippen molar-refractivity contribution in [3.8, 4) is 0 Å². The molecule has 0 aliphatic rings. The third-order valence-electron chi connectivity index (χ3n) is 2.44. The molecule has 1 aromatic carbocycles. The Morgan fingerprint density at radius 1 is 1.29 bits per heavy atom. The minimum atomic E-state index is -0.799. The maximum absolute atomic E-state index is 11.7. The molecule has 17 heavy (non-hydrogen) atoms. The van der Waals surface area contributed by atoms with E-state index in [0.29, 0.717) is 18.4 Å². The molecule has 0 aromatic heterocycles. The summed E-state index contributed by atoms with van der Waals surface area (Å²) in [6.07, 6.45) is 1.39. The summed E-state index contributed by atoms with van der Waals surface area (Å²) in [5.41, 5.74) is 0.623. The first-order valence-corrected chi connectivity index (χ1v) is 5.67. The van der Waals surface area contributed by atoms with E-state index in [9.17, 15) is 9.59 Å². The molecule has 4 heteroatoms. The minimum Gasteiger partial charge on any atom is -0.481 e. The first-order valence-electron chi connectivity index (χ1n) is 5.67. The van der Waals surface area contributed by atoms with Crippen molar-refractivity contribution in [1.82, 2.24) is 5.32 Å². The van der Waals surface area contributed by atoms with Crippen LogP contribution in [-0.4, -0.2) is 23.0 Å². The molecule has 1 amide bonds. The van der Waals surface area contributed by atoms with E-state index in [4.69, 9.17) is 5.11 Å². The zero-order chi connectivity index (χ0) is 12.7. The Kier molecular flexibility index (Phi) is 5.20. The number of carboxylic acids is 1. The minimum absolute atomic E-state index is 0.0120. The number of amides is 1. The van der Waals surface area contributed by atoms with Gasteiger partial charge in [0.2, 0.25) is 0 Å². The van der Waals surface area contributed by atoms with E-state index in [2.05, 4.69) is 5.32 Å². The molecule has 1 aromatic rings. The molecule has 0 saturated heterocycles. The summed E-state index contributed by atoms with van der Waals surface area (Å²) in [7, 11) is 0. The molecule has 0 aliphatic carbocycles. The monoisotopic (exact) mass is 235 g/mol. The molecule has 0 spiro atoms. The highest BCUT2D eigenvalue weighted by Gasteiger charge is 2.09. The van der Waals surface area contributed by atoms with E-state index >= 15 is 0 Å². The summed E-state index contributed by atoms with van der Waals surface area (Å²) in [5.74, 6) is -0.917. The lowest BCUT2D eigenvalue weighted by Gasteiger charge is -2.13. The fourth-order valence-electron chi connectivity index (χ4n) is 1.53. The van der Waals surface area contributed by atoms with E-state index in [-0.39, 0.29) is 18.4 Å². The van der Waals surface area contributed by atoms with Crippen LogP contribution in [-0.2, 0) is 4.79 Å². The van der Waals surface area contributed by atoms with Crippen molar-refractivity contribution in [2.45, 2.75) is 32.2 Å². The van der Waals surface area contributed by atoms with Gasteiger partial charge >= 0.3 is 5.97 Å². The fourth-order valence-corrected chi connectivity index (χ4v) is 1.53. The Morgan fingerprint density at radius 2 is 1.94 bits per heavy atom. The van der Waals surface area contributed by atoms with E-state index in [1.165, 1.54) is 0 Å². The topological polar surface area (TPSA) is 66.4 Å². The van der Waals surface area contributed by atoms with Gasteiger partial charge in [-0.3, -0.25) is 9.59 Å². The lowest BCUT2D eigenvalue weighted by molar-refractivity contribution is -0.137. The van der Waals surface area contributed by atoms with Crippen molar-refractivity contribution >= 4 is 11.9 Å². The number of carbonyl (C=O) groups is 2. The second-order valence-electron chi connectivity index (χ2n) is 4.03. The molecule has 92 valence electrons. The van der Waals surface area contributed by atoms with E-state index < -0.39 is 5.97 Å². The highest BCUT2D eigenvalue weighted by atomic mass is 16.4. The van der Waals surface area contributed by atoms with Crippen LogP contribution in [0.25, 0.3) is 0 Å². The maximum atomic E-state index is 11.7. The van der Waals surface area contributed by atoms with Crippen LogP contribution in [0.4, 0.5) is 0 Å². The normalized spacial score (nSPS) is 11.8. The van der Waals surface area contributed by atoms with Gasteiger partial charge in [0.1, 0.15) is 0 Å². The number of benzene rings is 1. The number of nitrogens with one attached hydrogen (secondary N) is 1. The molecular weight excluding hydrogens is 218 g/mol. The lowest BCUT2D eigenvalue weighted by atomic mass is 10.1. The Hall–Kier alpha value is -1.84. The van der Waals surface area contributed by atoms with Crippen LogP contribution < -0.4 is 5.32 Å². The summed E-state index contributed by atoms with van der Waals surface area (Å²) in [4.78, 5) is 22.1. The van der Waals surface area contributed by atoms with E-state index in [0.717, 1.165) is 0 Å². The first kappa shape index (κ1) is 13.2. The third-order valence-corrected chi connectivity index (χ3v) is 2.44. The van der Waals surface area contributed by atoms with Gasteiger partial charge in [0, 0.05) is 18.0 Å². The average Bonchev–Trinajstić information content (AvgIpc) is 2.29. The van der Waals surface area contributed by atoms with Gasteiger partial charge in [-0.15, -0.1) is 0 Å². The quantitative estimate of drug-likeness (QED) is 0.793. The number of aliphatic carboxylic acids is 1. The van der Waals surface area contributed by atoms with Gasteiger partial charge in [0.25, 0.3) is 5.91 Å². The lowest BCUT2D eigenvalue weighted by Crippen LogP contribution is -2.32. The van der Waals surface area contributed by atoms with Crippen LogP contribution in [0.5, 0.6) is 0 Å². The van der Waals surface area contributed by atoms with Crippen LogP contribution in [0.3, 0.4) is 0 Å². The van der Waals surface area contributed by atoms with Crippen LogP contribution >= 0.6 is 0 Å². The molecule has 0 unspecified atom stereocenters. The molecule has 0 radical (unpaired) electrons. The number of hydrogen-bond donors (Lipinski definition) is 2. The van der Waals surface area contributed by atoms with Gasteiger partial charge in [0.15, 0.2) is 0 Å². The molecule has 1 rings (SSSR count). The molecular formula is C13H17NO3. The van der Waals surface area contributed by atoms with Crippen molar-refractivity contribution < 1.29 is 14.7 Å². The predicted molar refractivity (Wildman–Crippen MR) is 64.9 cm³/mol. The second kappa shape index (κ2) is 6.68. The standard InChI is InChI=1S/C13H17NO3/c1-10(6-5-9-12(15)16)14-13(17)11-7-3-2-4-8-11/h2-4,7-8,10H,5-6,9H2,1H3,(H,14,17)(H,15,16)/t10-/m0/s1. The number of hydrogen-bond acceptors (Lipinski definition) is 2. The Bertz CT molecular complexity index is 376. The maximum Gasteiger partial charge on any atom is 0.303 e. The largest absolute Gasteiger partial charge is 0.481 e. The highest BCUT2D eigenvalue weighted by molar-refractivity contribution is 5.94.